The molecule has 0 radical (unpaired) electrons. The summed E-state index contributed by atoms with van der Waals surface area (Å²) in [6, 6.07) is 13.0. The molecule has 1 unspecified atom stereocenters. The van der Waals surface area contributed by atoms with Crippen molar-refractivity contribution in [1.82, 2.24) is 9.97 Å². The first kappa shape index (κ1) is 14.3. The summed E-state index contributed by atoms with van der Waals surface area (Å²) >= 11 is 4.59. The normalized spacial score (nSPS) is 12.6. The summed E-state index contributed by atoms with van der Waals surface area (Å²) in [7, 11) is 3.85. The summed E-state index contributed by atoms with van der Waals surface area (Å²) in [5, 5.41) is 1.04. The van der Waals surface area contributed by atoms with Crippen LogP contribution in [0.3, 0.4) is 0 Å². The summed E-state index contributed by atoms with van der Waals surface area (Å²) in [6.07, 6.45) is 0. The first-order chi connectivity index (χ1) is 10.1. The molecule has 1 heterocycles. The van der Waals surface area contributed by atoms with Gasteiger partial charge in [0.15, 0.2) is 4.90 Å². The monoisotopic (exact) mass is 319 g/mol. The third-order valence-corrected chi connectivity index (χ3v) is 4.67. The van der Waals surface area contributed by atoms with Crippen molar-refractivity contribution in [2.24, 2.45) is 0 Å². The Morgan fingerprint density at radius 3 is 2.71 bits per heavy atom. The van der Waals surface area contributed by atoms with Crippen molar-refractivity contribution in [1.29, 1.82) is 0 Å². The van der Waals surface area contributed by atoms with E-state index in [0.29, 0.717) is 15.7 Å². The number of aromatic amines is 1. The predicted octanol–water partition coefficient (Wildman–Crippen LogP) is 3.45. The molecule has 0 amide bonds. The van der Waals surface area contributed by atoms with Gasteiger partial charge in [0.05, 0.1) is 27.9 Å². The third kappa shape index (κ3) is 2.72. The average Bonchev–Trinajstić information content (AvgIpc) is 2.89. The van der Waals surface area contributed by atoms with Crippen LogP contribution in [0.15, 0.2) is 52.5 Å². The van der Waals surface area contributed by atoms with Gasteiger partial charge in [-0.2, -0.15) is 4.98 Å². The highest BCUT2D eigenvalue weighted by atomic mass is 35.5. The fraction of sp³-hybridized carbons (Fsp3) is 0.133. The lowest BCUT2D eigenvalue weighted by atomic mass is 10.3. The average molecular weight is 320 g/mol. The molecule has 4 nitrogen and oxygen atoms in total. The fourth-order valence-corrected chi connectivity index (χ4v) is 3.53. The smallest absolute Gasteiger partial charge is 0.327 e. The summed E-state index contributed by atoms with van der Waals surface area (Å²) in [5.41, 5.74) is 2.45. The summed E-state index contributed by atoms with van der Waals surface area (Å²) < 4.78 is 12.8. The van der Waals surface area contributed by atoms with E-state index >= 15 is 0 Å². The minimum Gasteiger partial charge on any atom is -0.604 e. The quantitative estimate of drug-likeness (QED) is 0.752. The SMILES string of the molecule is CN(C)c1ccccc1[S+]([O-])c1nc2cc(Cl)ccc2[nH]1. The maximum atomic E-state index is 12.8. The van der Waals surface area contributed by atoms with Gasteiger partial charge in [-0.05, 0) is 30.3 Å². The second-order valence-corrected chi connectivity index (χ2v) is 6.63. The van der Waals surface area contributed by atoms with Gasteiger partial charge in [-0.1, -0.05) is 23.7 Å². The molecule has 1 atom stereocenters. The Labute approximate surface area is 130 Å². The molecule has 0 aliphatic heterocycles. The molecule has 0 aliphatic carbocycles. The van der Waals surface area contributed by atoms with Crippen LogP contribution in [0, 0.1) is 0 Å². The standard InChI is InChI=1S/C15H14ClN3OS/c1-19(2)13-5-3-4-6-14(13)21(20)15-17-11-8-7-10(16)9-12(11)18-15/h3-9H,1-2H3,(H,17,18). The van der Waals surface area contributed by atoms with Gasteiger partial charge in [-0.25, -0.2) is 0 Å². The maximum absolute atomic E-state index is 12.8. The van der Waals surface area contributed by atoms with Crippen LogP contribution in [0.2, 0.25) is 5.02 Å². The lowest BCUT2D eigenvalue weighted by Crippen LogP contribution is -2.14. The highest BCUT2D eigenvalue weighted by molar-refractivity contribution is 7.91. The molecule has 0 aliphatic rings. The summed E-state index contributed by atoms with van der Waals surface area (Å²) in [4.78, 5) is 10.2. The molecule has 21 heavy (non-hydrogen) atoms. The number of nitrogens with one attached hydrogen (secondary N) is 1. The molecule has 0 fully saturated rings. The number of rotatable bonds is 3. The van der Waals surface area contributed by atoms with E-state index in [1.165, 1.54) is 0 Å². The molecular weight excluding hydrogens is 306 g/mol. The molecule has 6 heteroatoms. The number of anilines is 1. The Bertz CT molecular complexity index is 787. The Kier molecular flexibility index (Phi) is 3.80. The van der Waals surface area contributed by atoms with Gasteiger partial charge >= 0.3 is 5.16 Å². The van der Waals surface area contributed by atoms with Crippen LogP contribution in [-0.2, 0) is 11.2 Å². The molecular formula is C15H14ClN3OS. The molecule has 1 aromatic heterocycles. The zero-order valence-corrected chi connectivity index (χ0v) is 13.2. The Balaban J connectivity index is 2.06. The van der Waals surface area contributed by atoms with Crippen molar-refractivity contribution in [3.8, 4) is 0 Å². The molecule has 0 saturated carbocycles. The number of para-hydroxylation sites is 1. The molecule has 3 rings (SSSR count). The minimum absolute atomic E-state index is 0.432. The van der Waals surface area contributed by atoms with E-state index in [-0.39, 0.29) is 0 Å². The molecule has 1 N–H and O–H groups in total. The lowest BCUT2D eigenvalue weighted by Gasteiger charge is -2.17. The van der Waals surface area contributed by atoms with E-state index in [9.17, 15) is 4.55 Å². The number of fused-ring (bicyclic) bond motifs is 1. The van der Waals surface area contributed by atoms with Crippen molar-refractivity contribution in [2.45, 2.75) is 10.1 Å². The van der Waals surface area contributed by atoms with Crippen LogP contribution in [0.25, 0.3) is 11.0 Å². The van der Waals surface area contributed by atoms with Gasteiger partial charge in [-0.3, -0.25) is 4.98 Å². The van der Waals surface area contributed by atoms with Crippen LogP contribution in [-0.4, -0.2) is 28.6 Å². The number of H-pyrrole nitrogens is 1. The van der Waals surface area contributed by atoms with E-state index in [1.807, 2.05) is 49.3 Å². The second-order valence-electron chi connectivity index (χ2n) is 4.83. The van der Waals surface area contributed by atoms with Crippen LogP contribution < -0.4 is 4.90 Å². The zero-order chi connectivity index (χ0) is 15.0. The van der Waals surface area contributed by atoms with Gasteiger partial charge in [0, 0.05) is 19.1 Å². The highest BCUT2D eigenvalue weighted by Gasteiger charge is 2.23. The maximum Gasteiger partial charge on any atom is 0.327 e. The fourth-order valence-electron chi connectivity index (χ4n) is 2.13. The van der Waals surface area contributed by atoms with Crippen LogP contribution >= 0.6 is 11.6 Å². The zero-order valence-electron chi connectivity index (χ0n) is 11.6. The van der Waals surface area contributed by atoms with Crippen LogP contribution in [0.5, 0.6) is 0 Å². The highest BCUT2D eigenvalue weighted by Crippen LogP contribution is 2.29. The molecule has 0 spiro atoms. The van der Waals surface area contributed by atoms with E-state index in [4.69, 9.17) is 11.6 Å². The van der Waals surface area contributed by atoms with E-state index < -0.39 is 11.2 Å². The van der Waals surface area contributed by atoms with Gasteiger partial charge < -0.3 is 9.45 Å². The first-order valence-electron chi connectivity index (χ1n) is 6.39. The van der Waals surface area contributed by atoms with Gasteiger partial charge in [0.25, 0.3) is 0 Å². The molecule has 3 aromatic rings. The molecule has 0 bridgehead atoms. The number of aromatic nitrogens is 2. The number of hydrogen-bond donors (Lipinski definition) is 1. The lowest BCUT2D eigenvalue weighted by molar-refractivity contribution is 0.588. The summed E-state index contributed by atoms with van der Waals surface area (Å²) in [5.74, 6) is 0. The van der Waals surface area contributed by atoms with E-state index in [0.717, 1.165) is 16.1 Å². The van der Waals surface area contributed by atoms with Crippen molar-refractivity contribution < 1.29 is 4.55 Å². The summed E-state index contributed by atoms with van der Waals surface area (Å²) in [6.45, 7) is 0. The van der Waals surface area contributed by atoms with Crippen molar-refractivity contribution in [3.05, 3.63) is 47.5 Å². The van der Waals surface area contributed by atoms with Crippen molar-refractivity contribution in [3.63, 3.8) is 0 Å². The predicted molar refractivity (Wildman–Crippen MR) is 86.5 cm³/mol. The van der Waals surface area contributed by atoms with Gasteiger partial charge in [0.1, 0.15) is 0 Å². The number of halogens is 1. The number of benzene rings is 2. The van der Waals surface area contributed by atoms with E-state index in [2.05, 4.69) is 9.97 Å². The van der Waals surface area contributed by atoms with Gasteiger partial charge in [0.2, 0.25) is 0 Å². The van der Waals surface area contributed by atoms with E-state index in [1.54, 1.807) is 12.1 Å². The largest absolute Gasteiger partial charge is 0.604 e. The second kappa shape index (κ2) is 5.60. The topological polar surface area (TPSA) is 55.0 Å². The van der Waals surface area contributed by atoms with Gasteiger partial charge in [-0.15, -0.1) is 0 Å². The number of imidazole rings is 1. The third-order valence-electron chi connectivity index (χ3n) is 3.15. The number of hydrogen-bond acceptors (Lipinski definition) is 3. The van der Waals surface area contributed by atoms with Crippen molar-refractivity contribution >= 4 is 39.5 Å². The number of nitrogens with zero attached hydrogens (tertiary/aromatic N) is 2. The Morgan fingerprint density at radius 1 is 1.19 bits per heavy atom. The van der Waals surface area contributed by atoms with Crippen LogP contribution in [0.1, 0.15) is 0 Å². The Hall–Kier alpha value is -1.69. The van der Waals surface area contributed by atoms with Crippen molar-refractivity contribution in [2.75, 3.05) is 19.0 Å². The molecule has 2 aromatic carbocycles. The molecule has 108 valence electrons. The minimum atomic E-state index is -1.37. The Morgan fingerprint density at radius 2 is 1.95 bits per heavy atom. The first-order valence-corrected chi connectivity index (χ1v) is 7.92. The van der Waals surface area contributed by atoms with Crippen LogP contribution in [0.4, 0.5) is 5.69 Å². The molecule has 0 saturated heterocycles.